The van der Waals surface area contributed by atoms with E-state index in [1.165, 1.54) is 31.4 Å². The largest absolute Gasteiger partial charge is 0.483 e. The van der Waals surface area contributed by atoms with E-state index in [4.69, 9.17) is 16.3 Å². The van der Waals surface area contributed by atoms with Gasteiger partial charge in [-0.15, -0.1) is 0 Å². The van der Waals surface area contributed by atoms with Crippen molar-refractivity contribution in [1.82, 2.24) is 4.98 Å². The van der Waals surface area contributed by atoms with Crippen LogP contribution >= 0.6 is 11.6 Å². The molecule has 2 aromatic carbocycles. The number of hydrogen-bond donors (Lipinski definition) is 1. The molecule has 138 valence electrons. The van der Waals surface area contributed by atoms with Gasteiger partial charge < -0.3 is 14.8 Å². The number of nitrogens with zero attached hydrogens (tertiary/aromatic N) is 1. The molecule has 0 fully saturated rings. The fraction of sp³-hybridized carbons (Fsp3) is 0.105. The Morgan fingerprint density at radius 2 is 1.89 bits per heavy atom. The van der Waals surface area contributed by atoms with Crippen LogP contribution in [0.15, 0.2) is 48.5 Å². The van der Waals surface area contributed by atoms with Crippen molar-refractivity contribution in [2.24, 2.45) is 0 Å². The van der Waals surface area contributed by atoms with Gasteiger partial charge in [0.1, 0.15) is 11.6 Å². The Morgan fingerprint density at radius 1 is 1.15 bits per heavy atom. The van der Waals surface area contributed by atoms with Gasteiger partial charge in [-0.3, -0.25) is 4.79 Å². The highest BCUT2D eigenvalue weighted by molar-refractivity contribution is 6.30. The summed E-state index contributed by atoms with van der Waals surface area (Å²) in [6, 6.07) is 11.7. The first-order valence-electron chi connectivity index (χ1n) is 7.83. The van der Waals surface area contributed by atoms with Gasteiger partial charge in [0.25, 0.3) is 5.91 Å². The topological polar surface area (TPSA) is 77.5 Å². The van der Waals surface area contributed by atoms with Crippen molar-refractivity contribution in [3.8, 4) is 5.75 Å². The molecule has 1 N–H and O–H groups in total. The first-order chi connectivity index (χ1) is 13.0. The van der Waals surface area contributed by atoms with Crippen molar-refractivity contribution < 1.29 is 23.5 Å². The number of hydrogen-bond acceptors (Lipinski definition) is 5. The molecular weight excluding hydrogens is 375 g/mol. The van der Waals surface area contributed by atoms with Gasteiger partial charge in [-0.2, -0.15) is 0 Å². The Hall–Kier alpha value is -3.19. The van der Waals surface area contributed by atoms with Crippen LogP contribution in [0.4, 0.5) is 10.1 Å². The van der Waals surface area contributed by atoms with Crippen LogP contribution in [0.25, 0.3) is 10.9 Å². The number of methoxy groups -OCH3 is 1. The standard InChI is InChI=1S/C19H14ClFN2O4/c1-26-19(25)16-9-17(14-8-12(21)4-7-15(14)23-16)27-10-18(24)22-13-5-2-11(20)3-6-13/h2-9H,10H2,1H3,(H,22,24). The third-order valence-electron chi connectivity index (χ3n) is 3.61. The molecule has 1 aromatic heterocycles. The van der Waals surface area contributed by atoms with E-state index in [9.17, 15) is 14.0 Å². The van der Waals surface area contributed by atoms with E-state index in [1.54, 1.807) is 24.3 Å². The Kier molecular flexibility index (Phi) is 5.52. The van der Waals surface area contributed by atoms with Gasteiger partial charge in [0.05, 0.1) is 12.6 Å². The third-order valence-corrected chi connectivity index (χ3v) is 3.87. The molecule has 1 heterocycles. The van der Waals surface area contributed by atoms with Gasteiger partial charge in [-0.1, -0.05) is 11.6 Å². The molecule has 0 aliphatic carbocycles. The molecule has 0 saturated heterocycles. The van der Waals surface area contributed by atoms with Gasteiger partial charge in [0.2, 0.25) is 0 Å². The zero-order valence-electron chi connectivity index (χ0n) is 14.2. The summed E-state index contributed by atoms with van der Waals surface area (Å²) in [7, 11) is 1.22. The summed E-state index contributed by atoms with van der Waals surface area (Å²) in [6.45, 7) is -0.348. The average molecular weight is 389 g/mol. The lowest BCUT2D eigenvalue weighted by Gasteiger charge is -2.11. The fourth-order valence-electron chi connectivity index (χ4n) is 2.37. The maximum atomic E-state index is 13.6. The first-order valence-corrected chi connectivity index (χ1v) is 8.21. The zero-order chi connectivity index (χ0) is 19.4. The second-order valence-corrected chi connectivity index (χ2v) is 5.94. The van der Waals surface area contributed by atoms with Crippen LogP contribution in [-0.4, -0.2) is 30.6 Å². The molecular formula is C19H14ClFN2O4. The van der Waals surface area contributed by atoms with E-state index in [2.05, 4.69) is 15.0 Å². The fourth-order valence-corrected chi connectivity index (χ4v) is 2.50. The minimum absolute atomic E-state index is 0.00952. The molecule has 1 amide bonds. The van der Waals surface area contributed by atoms with Gasteiger partial charge in [-0.05, 0) is 42.5 Å². The number of carbonyl (C=O) groups excluding carboxylic acids is 2. The predicted octanol–water partition coefficient (Wildman–Crippen LogP) is 3.83. The van der Waals surface area contributed by atoms with Crippen molar-refractivity contribution in [3.05, 3.63) is 65.1 Å². The number of pyridine rings is 1. The number of amides is 1. The van der Waals surface area contributed by atoms with E-state index < -0.39 is 17.7 Å². The number of fused-ring (bicyclic) bond motifs is 1. The van der Waals surface area contributed by atoms with E-state index >= 15 is 0 Å². The van der Waals surface area contributed by atoms with Crippen LogP contribution < -0.4 is 10.1 Å². The second-order valence-electron chi connectivity index (χ2n) is 5.50. The molecule has 0 aliphatic heterocycles. The van der Waals surface area contributed by atoms with Crippen molar-refractivity contribution >= 4 is 40.1 Å². The number of rotatable bonds is 5. The molecule has 0 aliphatic rings. The quantitative estimate of drug-likeness (QED) is 0.672. The Labute approximate surface area is 158 Å². The summed E-state index contributed by atoms with van der Waals surface area (Å²) in [5.41, 5.74) is 0.881. The molecule has 0 spiro atoms. The van der Waals surface area contributed by atoms with Gasteiger partial charge in [0, 0.05) is 22.2 Å². The summed E-state index contributed by atoms with van der Waals surface area (Å²) >= 11 is 5.80. The Bertz CT molecular complexity index is 1010. The number of esters is 1. The smallest absolute Gasteiger partial charge is 0.356 e. The molecule has 0 bridgehead atoms. The number of halogens is 2. The molecule has 27 heavy (non-hydrogen) atoms. The molecule has 6 nitrogen and oxygen atoms in total. The first kappa shape index (κ1) is 18.6. The minimum atomic E-state index is -0.670. The van der Waals surface area contributed by atoms with E-state index in [0.29, 0.717) is 21.6 Å². The van der Waals surface area contributed by atoms with Crippen LogP contribution in [0, 0.1) is 5.82 Å². The summed E-state index contributed by atoms with van der Waals surface area (Å²) in [5.74, 6) is -1.45. The lowest BCUT2D eigenvalue weighted by atomic mass is 10.1. The molecule has 3 rings (SSSR count). The predicted molar refractivity (Wildman–Crippen MR) is 98.6 cm³/mol. The van der Waals surface area contributed by atoms with Crippen molar-refractivity contribution in [2.75, 3.05) is 19.0 Å². The third kappa shape index (κ3) is 4.51. The number of ether oxygens (including phenoxy) is 2. The number of aromatic nitrogens is 1. The summed E-state index contributed by atoms with van der Waals surface area (Å²) < 4.78 is 23.8. The van der Waals surface area contributed by atoms with E-state index in [0.717, 1.165) is 0 Å². The summed E-state index contributed by atoms with van der Waals surface area (Å²) in [4.78, 5) is 28.0. The van der Waals surface area contributed by atoms with Gasteiger partial charge >= 0.3 is 5.97 Å². The van der Waals surface area contributed by atoms with E-state index in [-0.39, 0.29) is 18.1 Å². The van der Waals surface area contributed by atoms with Crippen molar-refractivity contribution in [1.29, 1.82) is 0 Å². The highest BCUT2D eigenvalue weighted by atomic mass is 35.5. The monoisotopic (exact) mass is 388 g/mol. The molecule has 8 heteroatoms. The summed E-state index contributed by atoms with van der Waals surface area (Å²) in [6.07, 6.45) is 0. The number of nitrogens with one attached hydrogen (secondary N) is 1. The maximum Gasteiger partial charge on any atom is 0.356 e. The number of benzene rings is 2. The van der Waals surface area contributed by atoms with Crippen molar-refractivity contribution in [2.45, 2.75) is 0 Å². The Balaban J connectivity index is 1.82. The Morgan fingerprint density at radius 3 is 2.59 bits per heavy atom. The SMILES string of the molecule is COC(=O)c1cc(OCC(=O)Nc2ccc(Cl)cc2)c2cc(F)ccc2n1. The molecule has 0 radical (unpaired) electrons. The number of anilines is 1. The lowest BCUT2D eigenvalue weighted by Crippen LogP contribution is -2.20. The summed E-state index contributed by atoms with van der Waals surface area (Å²) in [5, 5.41) is 3.52. The maximum absolute atomic E-state index is 13.6. The highest BCUT2D eigenvalue weighted by Gasteiger charge is 2.15. The second kappa shape index (κ2) is 8.01. The van der Waals surface area contributed by atoms with Crippen LogP contribution in [0.2, 0.25) is 5.02 Å². The highest BCUT2D eigenvalue weighted by Crippen LogP contribution is 2.27. The van der Waals surface area contributed by atoms with Gasteiger partial charge in [0.15, 0.2) is 12.3 Å². The molecule has 0 atom stereocenters. The van der Waals surface area contributed by atoms with E-state index in [1.807, 2.05) is 0 Å². The lowest BCUT2D eigenvalue weighted by molar-refractivity contribution is -0.118. The number of carbonyl (C=O) groups is 2. The van der Waals surface area contributed by atoms with Crippen LogP contribution in [0.5, 0.6) is 5.75 Å². The minimum Gasteiger partial charge on any atom is -0.483 e. The molecule has 3 aromatic rings. The zero-order valence-corrected chi connectivity index (χ0v) is 14.9. The van der Waals surface area contributed by atoms with Crippen LogP contribution in [0.3, 0.4) is 0 Å². The van der Waals surface area contributed by atoms with Crippen LogP contribution in [-0.2, 0) is 9.53 Å². The van der Waals surface area contributed by atoms with Gasteiger partial charge in [-0.25, -0.2) is 14.2 Å². The molecule has 0 saturated carbocycles. The molecule has 0 unspecified atom stereocenters. The van der Waals surface area contributed by atoms with Crippen LogP contribution in [0.1, 0.15) is 10.5 Å². The normalized spacial score (nSPS) is 10.5. The van der Waals surface area contributed by atoms with Crippen molar-refractivity contribution in [3.63, 3.8) is 0 Å². The average Bonchev–Trinajstić information content (AvgIpc) is 2.67.